The molecular formula is C12H8N4. The molecule has 0 unspecified atom stereocenters. The van der Waals surface area contributed by atoms with Gasteiger partial charge in [0.05, 0.1) is 29.9 Å². The zero-order chi connectivity index (χ0) is 11.0. The standard InChI is InChI=1S/C12H8N4/c13-6-5-10-12-8-3-1-2-4-9(8)15-11(12)7-14-16-10/h1-4,7,15H,5H2. The summed E-state index contributed by atoms with van der Waals surface area (Å²) in [6, 6.07) is 10.1. The van der Waals surface area contributed by atoms with Gasteiger partial charge in [-0.05, 0) is 6.07 Å². The fourth-order valence-electron chi connectivity index (χ4n) is 1.98. The van der Waals surface area contributed by atoms with E-state index in [0.717, 1.165) is 27.5 Å². The van der Waals surface area contributed by atoms with Crippen molar-refractivity contribution in [3.05, 3.63) is 36.2 Å². The van der Waals surface area contributed by atoms with Crippen molar-refractivity contribution in [3.63, 3.8) is 0 Å². The molecule has 1 aromatic carbocycles. The van der Waals surface area contributed by atoms with Crippen molar-refractivity contribution in [3.8, 4) is 6.07 Å². The van der Waals surface area contributed by atoms with Crippen LogP contribution in [0.3, 0.4) is 0 Å². The summed E-state index contributed by atoms with van der Waals surface area (Å²) in [5.74, 6) is 0. The van der Waals surface area contributed by atoms with Crippen molar-refractivity contribution in [2.45, 2.75) is 6.42 Å². The summed E-state index contributed by atoms with van der Waals surface area (Å²) in [7, 11) is 0. The lowest BCUT2D eigenvalue weighted by molar-refractivity contribution is 0.973. The topological polar surface area (TPSA) is 65.4 Å². The van der Waals surface area contributed by atoms with E-state index in [2.05, 4.69) is 21.3 Å². The molecule has 0 aliphatic heterocycles. The van der Waals surface area contributed by atoms with Gasteiger partial charge < -0.3 is 4.98 Å². The minimum atomic E-state index is 0.284. The molecule has 4 heteroatoms. The second kappa shape index (κ2) is 3.31. The maximum Gasteiger partial charge on any atom is 0.0871 e. The zero-order valence-corrected chi connectivity index (χ0v) is 8.44. The van der Waals surface area contributed by atoms with E-state index in [1.165, 1.54) is 0 Å². The van der Waals surface area contributed by atoms with Crippen LogP contribution in [0, 0.1) is 11.3 Å². The molecule has 0 aliphatic carbocycles. The molecule has 0 saturated heterocycles. The van der Waals surface area contributed by atoms with Crippen LogP contribution in [0.15, 0.2) is 30.5 Å². The first kappa shape index (κ1) is 8.86. The number of benzene rings is 1. The Morgan fingerprint density at radius 1 is 1.25 bits per heavy atom. The second-order valence-electron chi connectivity index (χ2n) is 3.59. The highest BCUT2D eigenvalue weighted by atomic mass is 15.1. The van der Waals surface area contributed by atoms with Crippen molar-refractivity contribution in [2.24, 2.45) is 0 Å². The van der Waals surface area contributed by atoms with Gasteiger partial charge in [-0.3, -0.25) is 0 Å². The molecule has 0 fully saturated rings. The number of nitrogens with one attached hydrogen (secondary N) is 1. The number of nitrogens with zero attached hydrogens (tertiary/aromatic N) is 3. The highest BCUT2D eigenvalue weighted by Gasteiger charge is 2.09. The largest absolute Gasteiger partial charge is 0.353 e. The van der Waals surface area contributed by atoms with Gasteiger partial charge in [-0.15, -0.1) is 0 Å². The number of fused-ring (bicyclic) bond motifs is 3. The maximum absolute atomic E-state index is 8.76. The number of para-hydroxylation sites is 1. The molecule has 76 valence electrons. The van der Waals surface area contributed by atoms with Crippen molar-refractivity contribution in [2.75, 3.05) is 0 Å². The van der Waals surface area contributed by atoms with Crippen LogP contribution in [0.5, 0.6) is 0 Å². The average molecular weight is 208 g/mol. The molecule has 0 atom stereocenters. The van der Waals surface area contributed by atoms with Gasteiger partial charge in [0, 0.05) is 16.3 Å². The zero-order valence-electron chi connectivity index (χ0n) is 8.44. The normalized spacial score (nSPS) is 10.7. The molecule has 0 amide bonds. The van der Waals surface area contributed by atoms with E-state index in [0.29, 0.717) is 0 Å². The van der Waals surface area contributed by atoms with Gasteiger partial charge in [-0.1, -0.05) is 18.2 Å². The van der Waals surface area contributed by atoms with Crippen molar-refractivity contribution >= 4 is 21.8 Å². The molecule has 1 N–H and O–H groups in total. The van der Waals surface area contributed by atoms with Crippen molar-refractivity contribution in [1.29, 1.82) is 5.26 Å². The molecule has 0 bridgehead atoms. The minimum absolute atomic E-state index is 0.284. The summed E-state index contributed by atoms with van der Waals surface area (Å²) in [5.41, 5.74) is 2.71. The molecule has 16 heavy (non-hydrogen) atoms. The number of aromatic amines is 1. The summed E-state index contributed by atoms with van der Waals surface area (Å²) >= 11 is 0. The Labute approximate surface area is 91.5 Å². The Bertz CT molecular complexity index is 706. The van der Waals surface area contributed by atoms with E-state index in [1.807, 2.05) is 24.3 Å². The van der Waals surface area contributed by atoms with Crippen LogP contribution in [-0.4, -0.2) is 15.2 Å². The average Bonchev–Trinajstić information content (AvgIpc) is 2.68. The van der Waals surface area contributed by atoms with E-state index in [-0.39, 0.29) is 6.42 Å². The third kappa shape index (κ3) is 1.15. The first-order valence-electron chi connectivity index (χ1n) is 4.98. The smallest absolute Gasteiger partial charge is 0.0871 e. The lowest BCUT2D eigenvalue weighted by Crippen LogP contribution is -1.91. The Hall–Kier alpha value is -2.41. The van der Waals surface area contributed by atoms with Gasteiger partial charge in [0.1, 0.15) is 0 Å². The molecule has 2 heterocycles. The third-order valence-corrected chi connectivity index (χ3v) is 2.64. The highest BCUT2D eigenvalue weighted by molar-refractivity contribution is 6.08. The summed E-state index contributed by atoms with van der Waals surface area (Å²) in [6.45, 7) is 0. The van der Waals surface area contributed by atoms with Gasteiger partial charge in [-0.2, -0.15) is 15.5 Å². The molecular weight excluding hydrogens is 200 g/mol. The van der Waals surface area contributed by atoms with Crippen LogP contribution in [-0.2, 0) is 6.42 Å². The van der Waals surface area contributed by atoms with Gasteiger partial charge in [0.25, 0.3) is 0 Å². The Balaban J connectivity index is 2.48. The predicted molar refractivity (Wildman–Crippen MR) is 60.7 cm³/mol. The van der Waals surface area contributed by atoms with E-state index in [9.17, 15) is 0 Å². The Kier molecular flexibility index (Phi) is 1.84. The van der Waals surface area contributed by atoms with Crippen LogP contribution < -0.4 is 0 Å². The van der Waals surface area contributed by atoms with E-state index < -0.39 is 0 Å². The lowest BCUT2D eigenvalue weighted by Gasteiger charge is -1.95. The number of rotatable bonds is 1. The predicted octanol–water partition coefficient (Wildman–Crippen LogP) is 2.18. The van der Waals surface area contributed by atoms with Crippen LogP contribution in [0.25, 0.3) is 21.8 Å². The van der Waals surface area contributed by atoms with Crippen LogP contribution in [0.2, 0.25) is 0 Å². The molecule has 3 aromatic rings. The van der Waals surface area contributed by atoms with E-state index in [4.69, 9.17) is 5.26 Å². The molecule has 4 nitrogen and oxygen atoms in total. The number of H-pyrrole nitrogens is 1. The van der Waals surface area contributed by atoms with Gasteiger partial charge in [0.2, 0.25) is 0 Å². The number of hydrogen-bond acceptors (Lipinski definition) is 3. The minimum Gasteiger partial charge on any atom is -0.353 e. The first-order valence-corrected chi connectivity index (χ1v) is 4.98. The summed E-state index contributed by atoms with van der Waals surface area (Å²) < 4.78 is 0. The monoisotopic (exact) mass is 208 g/mol. The fourth-order valence-corrected chi connectivity index (χ4v) is 1.98. The highest BCUT2D eigenvalue weighted by Crippen LogP contribution is 2.26. The molecule has 0 spiro atoms. The van der Waals surface area contributed by atoms with Gasteiger partial charge in [0.15, 0.2) is 0 Å². The fraction of sp³-hybridized carbons (Fsp3) is 0.0833. The molecule has 0 aliphatic rings. The number of nitriles is 1. The molecule has 0 radical (unpaired) electrons. The van der Waals surface area contributed by atoms with E-state index in [1.54, 1.807) is 6.20 Å². The van der Waals surface area contributed by atoms with Crippen molar-refractivity contribution < 1.29 is 0 Å². The van der Waals surface area contributed by atoms with Crippen LogP contribution in [0.1, 0.15) is 5.69 Å². The van der Waals surface area contributed by atoms with Crippen LogP contribution in [0.4, 0.5) is 0 Å². The third-order valence-electron chi connectivity index (χ3n) is 2.64. The second-order valence-corrected chi connectivity index (χ2v) is 3.59. The quantitative estimate of drug-likeness (QED) is 0.666. The number of aromatic nitrogens is 3. The molecule has 2 aromatic heterocycles. The Morgan fingerprint density at radius 3 is 3.00 bits per heavy atom. The SMILES string of the molecule is N#CCc1nncc2[nH]c3ccccc3c12. The summed E-state index contributed by atoms with van der Waals surface area (Å²) in [4.78, 5) is 3.26. The van der Waals surface area contributed by atoms with Gasteiger partial charge >= 0.3 is 0 Å². The molecule has 0 saturated carbocycles. The molecule has 3 rings (SSSR count). The summed E-state index contributed by atoms with van der Waals surface area (Å²) in [5, 5.41) is 18.8. The Morgan fingerprint density at radius 2 is 2.12 bits per heavy atom. The van der Waals surface area contributed by atoms with E-state index >= 15 is 0 Å². The lowest BCUT2D eigenvalue weighted by atomic mass is 10.1. The number of hydrogen-bond donors (Lipinski definition) is 1. The maximum atomic E-state index is 8.76. The van der Waals surface area contributed by atoms with Crippen LogP contribution >= 0.6 is 0 Å². The summed E-state index contributed by atoms with van der Waals surface area (Å²) in [6.07, 6.45) is 1.97. The van der Waals surface area contributed by atoms with Crippen molar-refractivity contribution in [1.82, 2.24) is 15.2 Å². The first-order chi connectivity index (χ1) is 7.90. The van der Waals surface area contributed by atoms with Gasteiger partial charge in [-0.25, -0.2) is 0 Å².